The normalized spacial score (nSPS) is 15.1. The number of likely N-dealkylation sites (N-methyl/N-ethyl adjacent to an activating group) is 1. The van der Waals surface area contributed by atoms with Gasteiger partial charge in [0, 0.05) is 50.7 Å². The van der Waals surface area contributed by atoms with E-state index in [0.717, 1.165) is 54.6 Å². The van der Waals surface area contributed by atoms with Crippen molar-refractivity contribution in [3.8, 4) is 11.5 Å². The zero-order valence-corrected chi connectivity index (χ0v) is 15.2. The standard InChI is InChI=1S/C18H25N5O2/c1-13-11-19-18(20-12-13)21-14-9-17(25-4)15(10-16(14)24-3)23-7-5-22(2)6-8-23/h9-12H,5-8H2,1-4H3,(H,19,20,21). The molecule has 7 nitrogen and oxygen atoms in total. The molecule has 0 atom stereocenters. The Morgan fingerprint density at radius 2 is 1.60 bits per heavy atom. The maximum Gasteiger partial charge on any atom is 0.227 e. The molecule has 0 saturated carbocycles. The lowest BCUT2D eigenvalue weighted by molar-refractivity contribution is 0.310. The number of anilines is 3. The molecule has 1 aliphatic heterocycles. The van der Waals surface area contributed by atoms with E-state index in [1.807, 2.05) is 19.1 Å². The third kappa shape index (κ3) is 3.93. The number of aryl methyl sites for hydroxylation is 1. The van der Waals surface area contributed by atoms with Crippen molar-refractivity contribution in [3.63, 3.8) is 0 Å². The number of hydrogen-bond acceptors (Lipinski definition) is 7. The molecule has 1 aromatic carbocycles. The number of nitrogens with zero attached hydrogens (tertiary/aromatic N) is 4. The number of benzene rings is 1. The van der Waals surface area contributed by atoms with E-state index in [-0.39, 0.29) is 0 Å². The minimum atomic E-state index is 0.526. The van der Waals surface area contributed by atoms with Gasteiger partial charge in [-0.2, -0.15) is 0 Å². The van der Waals surface area contributed by atoms with E-state index >= 15 is 0 Å². The number of ether oxygens (including phenoxy) is 2. The van der Waals surface area contributed by atoms with Crippen LogP contribution in [0, 0.1) is 6.92 Å². The summed E-state index contributed by atoms with van der Waals surface area (Å²) >= 11 is 0. The summed E-state index contributed by atoms with van der Waals surface area (Å²) in [4.78, 5) is 13.2. The smallest absolute Gasteiger partial charge is 0.227 e. The summed E-state index contributed by atoms with van der Waals surface area (Å²) in [5.74, 6) is 2.07. The highest BCUT2D eigenvalue weighted by Crippen LogP contribution is 2.39. The lowest BCUT2D eigenvalue weighted by Crippen LogP contribution is -2.44. The molecule has 1 N–H and O–H groups in total. The molecule has 7 heteroatoms. The van der Waals surface area contributed by atoms with E-state index in [1.54, 1.807) is 26.6 Å². The van der Waals surface area contributed by atoms with Crippen LogP contribution in [0.2, 0.25) is 0 Å². The summed E-state index contributed by atoms with van der Waals surface area (Å²) in [5.41, 5.74) is 2.84. The summed E-state index contributed by atoms with van der Waals surface area (Å²) in [6, 6.07) is 3.95. The van der Waals surface area contributed by atoms with Crippen LogP contribution in [-0.2, 0) is 0 Å². The van der Waals surface area contributed by atoms with Crippen molar-refractivity contribution in [1.82, 2.24) is 14.9 Å². The highest BCUT2D eigenvalue weighted by molar-refractivity contribution is 5.74. The molecule has 2 aromatic rings. The van der Waals surface area contributed by atoms with Crippen LogP contribution < -0.4 is 19.7 Å². The highest BCUT2D eigenvalue weighted by Gasteiger charge is 2.20. The van der Waals surface area contributed by atoms with Crippen LogP contribution in [0.3, 0.4) is 0 Å². The summed E-state index contributed by atoms with van der Waals surface area (Å²) in [5, 5.41) is 3.21. The second-order valence-electron chi connectivity index (χ2n) is 6.22. The fourth-order valence-electron chi connectivity index (χ4n) is 2.85. The molecule has 3 rings (SSSR count). The first-order valence-electron chi connectivity index (χ1n) is 8.36. The van der Waals surface area contributed by atoms with Crippen LogP contribution in [0.4, 0.5) is 17.3 Å². The summed E-state index contributed by atoms with van der Waals surface area (Å²) in [6.07, 6.45) is 3.55. The van der Waals surface area contributed by atoms with Gasteiger partial charge in [0.2, 0.25) is 5.95 Å². The second-order valence-corrected chi connectivity index (χ2v) is 6.22. The Kier molecular flexibility index (Phi) is 5.23. The predicted molar refractivity (Wildman–Crippen MR) is 99.3 cm³/mol. The van der Waals surface area contributed by atoms with E-state index in [0.29, 0.717) is 5.95 Å². The Hall–Kier alpha value is -2.54. The van der Waals surface area contributed by atoms with Gasteiger partial charge in [-0.3, -0.25) is 0 Å². The molecule has 1 aliphatic rings. The Labute approximate surface area is 148 Å². The molecule has 0 unspecified atom stereocenters. The van der Waals surface area contributed by atoms with Crippen molar-refractivity contribution < 1.29 is 9.47 Å². The highest BCUT2D eigenvalue weighted by atomic mass is 16.5. The third-order valence-electron chi connectivity index (χ3n) is 4.37. The Balaban J connectivity index is 1.90. The molecule has 1 aromatic heterocycles. The van der Waals surface area contributed by atoms with Crippen molar-refractivity contribution in [2.24, 2.45) is 0 Å². The monoisotopic (exact) mass is 343 g/mol. The zero-order valence-electron chi connectivity index (χ0n) is 15.2. The van der Waals surface area contributed by atoms with Gasteiger partial charge in [0.25, 0.3) is 0 Å². The number of methoxy groups -OCH3 is 2. The SMILES string of the molecule is COc1cc(N2CCN(C)CC2)c(OC)cc1Nc1ncc(C)cn1. The molecule has 2 heterocycles. The van der Waals surface area contributed by atoms with Crippen LogP contribution >= 0.6 is 0 Å². The van der Waals surface area contributed by atoms with Crippen molar-refractivity contribution >= 4 is 17.3 Å². The van der Waals surface area contributed by atoms with Crippen LogP contribution in [0.1, 0.15) is 5.56 Å². The fraction of sp³-hybridized carbons (Fsp3) is 0.444. The summed E-state index contributed by atoms with van der Waals surface area (Å²) in [7, 11) is 5.49. The Bertz CT molecular complexity index is 712. The third-order valence-corrected chi connectivity index (χ3v) is 4.37. The van der Waals surface area contributed by atoms with Gasteiger partial charge >= 0.3 is 0 Å². The van der Waals surface area contributed by atoms with E-state index in [1.165, 1.54) is 0 Å². The number of piperazine rings is 1. The molecule has 0 amide bonds. The largest absolute Gasteiger partial charge is 0.494 e. The molecule has 0 radical (unpaired) electrons. The van der Waals surface area contributed by atoms with E-state index in [4.69, 9.17) is 9.47 Å². The first-order chi connectivity index (χ1) is 12.1. The maximum atomic E-state index is 5.63. The zero-order chi connectivity index (χ0) is 17.8. The van der Waals surface area contributed by atoms with Gasteiger partial charge in [-0.05, 0) is 19.5 Å². The maximum absolute atomic E-state index is 5.63. The van der Waals surface area contributed by atoms with Crippen molar-refractivity contribution in [1.29, 1.82) is 0 Å². The minimum absolute atomic E-state index is 0.526. The lowest BCUT2D eigenvalue weighted by Gasteiger charge is -2.35. The number of hydrogen-bond donors (Lipinski definition) is 1. The van der Waals surface area contributed by atoms with Crippen LogP contribution in [0.15, 0.2) is 24.5 Å². The topological polar surface area (TPSA) is 62.8 Å². The minimum Gasteiger partial charge on any atom is -0.494 e. The van der Waals surface area contributed by atoms with Crippen LogP contribution in [0.5, 0.6) is 11.5 Å². The van der Waals surface area contributed by atoms with Gasteiger partial charge in [-0.15, -0.1) is 0 Å². The first-order valence-corrected chi connectivity index (χ1v) is 8.36. The molecule has 0 spiro atoms. The predicted octanol–water partition coefficient (Wildman–Crippen LogP) is 2.30. The molecule has 0 aliphatic carbocycles. The Morgan fingerprint density at radius 1 is 0.960 bits per heavy atom. The molecular weight excluding hydrogens is 318 g/mol. The average Bonchev–Trinajstić information content (AvgIpc) is 2.64. The van der Waals surface area contributed by atoms with Crippen molar-refractivity contribution in [3.05, 3.63) is 30.1 Å². The van der Waals surface area contributed by atoms with E-state index in [9.17, 15) is 0 Å². The summed E-state index contributed by atoms with van der Waals surface area (Å²) < 4.78 is 11.2. The fourth-order valence-corrected chi connectivity index (χ4v) is 2.85. The number of aromatic nitrogens is 2. The molecule has 1 fully saturated rings. The van der Waals surface area contributed by atoms with Gasteiger partial charge in [-0.1, -0.05) is 0 Å². The number of rotatable bonds is 5. The molecule has 0 bridgehead atoms. The van der Waals surface area contributed by atoms with Crippen molar-refractivity contribution in [2.45, 2.75) is 6.92 Å². The second kappa shape index (κ2) is 7.57. The average molecular weight is 343 g/mol. The molecular formula is C18H25N5O2. The van der Waals surface area contributed by atoms with Crippen LogP contribution in [-0.4, -0.2) is 62.3 Å². The number of nitrogens with one attached hydrogen (secondary N) is 1. The van der Waals surface area contributed by atoms with Gasteiger partial charge in [-0.25, -0.2) is 9.97 Å². The molecule has 25 heavy (non-hydrogen) atoms. The van der Waals surface area contributed by atoms with Gasteiger partial charge < -0.3 is 24.6 Å². The molecule has 1 saturated heterocycles. The van der Waals surface area contributed by atoms with E-state index < -0.39 is 0 Å². The lowest BCUT2D eigenvalue weighted by atomic mass is 10.2. The van der Waals surface area contributed by atoms with Gasteiger partial charge in [0.05, 0.1) is 25.6 Å². The first kappa shape index (κ1) is 17.3. The van der Waals surface area contributed by atoms with E-state index in [2.05, 4.69) is 32.1 Å². The van der Waals surface area contributed by atoms with Gasteiger partial charge in [0.15, 0.2) is 0 Å². The molecule has 134 valence electrons. The van der Waals surface area contributed by atoms with Gasteiger partial charge in [0.1, 0.15) is 11.5 Å². The van der Waals surface area contributed by atoms with Crippen LogP contribution in [0.25, 0.3) is 0 Å². The Morgan fingerprint density at radius 3 is 2.20 bits per heavy atom. The van der Waals surface area contributed by atoms with Crippen molar-refractivity contribution in [2.75, 3.05) is 57.7 Å². The quantitative estimate of drug-likeness (QED) is 0.894. The summed E-state index contributed by atoms with van der Waals surface area (Å²) in [6.45, 7) is 5.94.